The first-order valence-corrected chi connectivity index (χ1v) is 9.98. The van der Waals surface area contributed by atoms with Gasteiger partial charge in [0.1, 0.15) is 11.4 Å². The van der Waals surface area contributed by atoms with Crippen molar-refractivity contribution in [2.75, 3.05) is 10.6 Å². The van der Waals surface area contributed by atoms with Gasteiger partial charge in [-0.3, -0.25) is 0 Å². The van der Waals surface area contributed by atoms with E-state index < -0.39 is 0 Å². The highest BCUT2D eigenvalue weighted by atomic mass is 79.9. The number of amides is 2. The van der Waals surface area contributed by atoms with Gasteiger partial charge in [0.2, 0.25) is 0 Å². The summed E-state index contributed by atoms with van der Waals surface area (Å²) < 4.78 is 2.49. The lowest BCUT2D eigenvalue weighted by molar-refractivity contribution is 0.262. The molecule has 28 heavy (non-hydrogen) atoms. The van der Waals surface area contributed by atoms with Crippen LogP contribution in [0.4, 0.5) is 16.2 Å². The molecule has 0 radical (unpaired) electrons. The molecule has 0 aliphatic rings. The first kappa shape index (κ1) is 18.5. The number of benzene rings is 2. The molecule has 4 aromatic rings. The highest BCUT2D eigenvalue weighted by molar-refractivity contribution is 9.10. The van der Waals surface area contributed by atoms with Gasteiger partial charge in [0.05, 0.1) is 11.4 Å². The molecule has 0 fully saturated rings. The van der Waals surface area contributed by atoms with E-state index in [0.29, 0.717) is 17.2 Å². The SMILES string of the molecule is Cc1cc(Sc2ccccc2NC(=O)Nc2ccccc2Br)n2ncnc2n1. The van der Waals surface area contributed by atoms with E-state index in [0.717, 1.165) is 20.1 Å². The van der Waals surface area contributed by atoms with E-state index >= 15 is 0 Å². The number of fused-ring (bicyclic) bond motifs is 1. The third-order valence-corrected chi connectivity index (χ3v) is 5.59. The Bertz CT molecular complexity index is 1160. The Hall–Kier alpha value is -2.91. The predicted octanol–water partition coefficient (Wildman–Crippen LogP) is 4.99. The Morgan fingerprint density at radius 2 is 1.79 bits per heavy atom. The molecule has 0 aliphatic carbocycles. The molecule has 0 aliphatic heterocycles. The van der Waals surface area contributed by atoms with Gasteiger partial charge in [-0.1, -0.05) is 36.0 Å². The highest BCUT2D eigenvalue weighted by Gasteiger charge is 2.12. The van der Waals surface area contributed by atoms with Gasteiger partial charge in [0, 0.05) is 15.1 Å². The molecule has 0 spiro atoms. The number of urea groups is 1. The topological polar surface area (TPSA) is 84.2 Å². The number of aromatic nitrogens is 4. The molecule has 0 unspecified atom stereocenters. The Morgan fingerprint density at radius 1 is 1.07 bits per heavy atom. The maximum absolute atomic E-state index is 12.5. The van der Waals surface area contributed by atoms with Crippen LogP contribution in [0.5, 0.6) is 0 Å². The molecule has 2 aromatic heterocycles. The van der Waals surface area contributed by atoms with Crippen LogP contribution in [0.15, 0.2) is 75.3 Å². The lowest BCUT2D eigenvalue weighted by Gasteiger charge is -2.13. The molecule has 4 rings (SSSR count). The summed E-state index contributed by atoms with van der Waals surface area (Å²) >= 11 is 4.91. The summed E-state index contributed by atoms with van der Waals surface area (Å²) in [6, 6.07) is 16.7. The van der Waals surface area contributed by atoms with Gasteiger partial charge in [-0.05, 0) is 53.2 Å². The minimum absolute atomic E-state index is 0.322. The minimum Gasteiger partial charge on any atom is -0.307 e. The normalized spacial score (nSPS) is 10.8. The standard InChI is InChI=1S/C19H15BrN6OS/c1-12-10-17(26-18(23-12)21-11-22-26)28-16-9-5-4-8-15(16)25-19(27)24-14-7-3-2-6-13(14)20/h2-11H,1H3,(H2,24,25,27). The summed E-state index contributed by atoms with van der Waals surface area (Å²) in [6.45, 7) is 1.91. The zero-order valence-corrected chi connectivity index (χ0v) is 17.2. The number of rotatable bonds is 4. The number of carbonyl (C=O) groups is 1. The fraction of sp³-hybridized carbons (Fsp3) is 0.0526. The fourth-order valence-corrected chi connectivity index (χ4v) is 4.01. The van der Waals surface area contributed by atoms with Crippen molar-refractivity contribution in [3.05, 3.63) is 71.1 Å². The number of carbonyl (C=O) groups excluding carboxylic acids is 1. The Labute approximate surface area is 173 Å². The summed E-state index contributed by atoms with van der Waals surface area (Å²) in [4.78, 5) is 21.9. The molecule has 0 saturated heterocycles. The maximum Gasteiger partial charge on any atom is 0.323 e. The number of nitrogens with zero attached hydrogens (tertiary/aromatic N) is 4. The van der Waals surface area contributed by atoms with Crippen molar-refractivity contribution < 1.29 is 4.79 Å². The number of para-hydroxylation sites is 2. The van der Waals surface area contributed by atoms with Crippen molar-refractivity contribution in [1.29, 1.82) is 0 Å². The van der Waals surface area contributed by atoms with E-state index in [4.69, 9.17) is 0 Å². The largest absolute Gasteiger partial charge is 0.323 e. The van der Waals surface area contributed by atoms with Crippen molar-refractivity contribution in [1.82, 2.24) is 19.6 Å². The fourth-order valence-electron chi connectivity index (χ4n) is 2.58. The lowest BCUT2D eigenvalue weighted by atomic mass is 10.3. The van der Waals surface area contributed by atoms with Crippen LogP contribution in [0.2, 0.25) is 0 Å². The molecule has 140 valence electrons. The molecule has 2 heterocycles. The van der Waals surface area contributed by atoms with Crippen LogP contribution in [0.1, 0.15) is 5.69 Å². The molecule has 0 saturated carbocycles. The Balaban J connectivity index is 1.58. The number of nitrogens with one attached hydrogen (secondary N) is 2. The smallest absolute Gasteiger partial charge is 0.307 e. The first-order chi connectivity index (χ1) is 13.6. The molecular formula is C19H15BrN6OS. The summed E-state index contributed by atoms with van der Waals surface area (Å²) in [5, 5.41) is 10.8. The summed E-state index contributed by atoms with van der Waals surface area (Å²) in [7, 11) is 0. The van der Waals surface area contributed by atoms with Gasteiger partial charge in [-0.2, -0.15) is 14.6 Å². The van der Waals surface area contributed by atoms with Crippen LogP contribution >= 0.6 is 27.7 Å². The summed E-state index contributed by atoms with van der Waals surface area (Å²) in [6.07, 6.45) is 1.47. The van der Waals surface area contributed by atoms with E-state index in [9.17, 15) is 4.79 Å². The average Bonchev–Trinajstić information content (AvgIpc) is 3.14. The number of aryl methyl sites for hydroxylation is 1. The summed E-state index contributed by atoms with van der Waals surface area (Å²) in [5.74, 6) is 0.541. The molecule has 9 heteroatoms. The summed E-state index contributed by atoms with van der Waals surface area (Å²) in [5.41, 5.74) is 2.24. The number of hydrogen-bond acceptors (Lipinski definition) is 5. The zero-order valence-electron chi connectivity index (χ0n) is 14.8. The van der Waals surface area contributed by atoms with E-state index in [1.807, 2.05) is 61.5 Å². The van der Waals surface area contributed by atoms with Gasteiger partial charge in [0.25, 0.3) is 5.78 Å². The third kappa shape index (κ3) is 4.00. The van der Waals surface area contributed by atoms with Crippen LogP contribution in [0.3, 0.4) is 0 Å². The van der Waals surface area contributed by atoms with E-state index in [1.165, 1.54) is 18.1 Å². The van der Waals surface area contributed by atoms with E-state index in [1.54, 1.807) is 4.52 Å². The first-order valence-electron chi connectivity index (χ1n) is 8.37. The second kappa shape index (κ2) is 7.99. The van der Waals surface area contributed by atoms with E-state index in [2.05, 4.69) is 41.6 Å². The second-order valence-corrected chi connectivity index (χ2v) is 7.78. The number of hydrogen-bond donors (Lipinski definition) is 2. The molecule has 2 N–H and O–H groups in total. The van der Waals surface area contributed by atoms with Gasteiger partial charge < -0.3 is 10.6 Å². The maximum atomic E-state index is 12.5. The minimum atomic E-state index is -0.322. The average molecular weight is 455 g/mol. The van der Waals surface area contributed by atoms with E-state index in [-0.39, 0.29) is 6.03 Å². The second-order valence-electron chi connectivity index (χ2n) is 5.86. The van der Waals surface area contributed by atoms with Crippen LogP contribution in [0.25, 0.3) is 5.78 Å². The van der Waals surface area contributed by atoms with Crippen molar-refractivity contribution in [3.8, 4) is 0 Å². The van der Waals surface area contributed by atoms with Crippen molar-refractivity contribution >= 4 is 50.9 Å². The zero-order chi connectivity index (χ0) is 19.5. The molecule has 0 atom stereocenters. The molecule has 2 amide bonds. The number of halogens is 1. The van der Waals surface area contributed by atoms with Crippen LogP contribution < -0.4 is 10.6 Å². The molecule has 7 nitrogen and oxygen atoms in total. The van der Waals surface area contributed by atoms with Gasteiger partial charge in [-0.15, -0.1) is 0 Å². The monoisotopic (exact) mass is 454 g/mol. The predicted molar refractivity (Wildman–Crippen MR) is 113 cm³/mol. The lowest BCUT2D eigenvalue weighted by Crippen LogP contribution is -2.20. The van der Waals surface area contributed by atoms with Crippen LogP contribution in [-0.2, 0) is 0 Å². The number of anilines is 2. The van der Waals surface area contributed by atoms with Crippen molar-refractivity contribution in [3.63, 3.8) is 0 Å². The van der Waals surface area contributed by atoms with Crippen LogP contribution in [-0.4, -0.2) is 25.6 Å². The quantitative estimate of drug-likeness (QED) is 0.424. The Morgan fingerprint density at radius 3 is 2.61 bits per heavy atom. The molecule has 2 aromatic carbocycles. The Kier molecular flexibility index (Phi) is 5.27. The third-order valence-electron chi connectivity index (χ3n) is 3.82. The van der Waals surface area contributed by atoms with Gasteiger partial charge in [0.15, 0.2) is 0 Å². The van der Waals surface area contributed by atoms with Crippen molar-refractivity contribution in [2.24, 2.45) is 0 Å². The molecule has 0 bridgehead atoms. The van der Waals surface area contributed by atoms with Crippen molar-refractivity contribution in [2.45, 2.75) is 16.8 Å². The molecular weight excluding hydrogens is 440 g/mol. The van der Waals surface area contributed by atoms with Gasteiger partial charge >= 0.3 is 6.03 Å². The van der Waals surface area contributed by atoms with Crippen LogP contribution in [0, 0.1) is 6.92 Å². The van der Waals surface area contributed by atoms with Gasteiger partial charge in [-0.25, -0.2) is 9.78 Å². The highest BCUT2D eigenvalue weighted by Crippen LogP contribution is 2.33.